The maximum absolute atomic E-state index is 15.5. The molecule has 3 heteroatoms. The molecular formula is C16H17FN2. The van der Waals surface area contributed by atoms with E-state index in [9.17, 15) is 0 Å². The van der Waals surface area contributed by atoms with Crippen LogP contribution in [0.25, 0.3) is 10.8 Å². The number of hydrogen-bond acceptors (Lipinski definition) is 2. The first kappa shape index (κ1) is 11.4. The van der Waals surface area contributed by atoms with Gasteiger partial charge < -0.3 is 5.32 Å². The number of aromatic nitrogens is 1. The highest BCUT2D eigenvalue weighted by atomic mass is 19.1. The van der Waals surface area contributed by atoms with E-state index in [0.717, 1.165) is 29.2 Å². The van der Waals surface area contributed by atoms with Crippen LogP contribution in [0.2, 0.25) is 0 Å². The number of alkyl halides is 1. The van der Waals surface area contributed by atoms with Crippen LogP contribution < -0.4 is 5.32 Å². The Labute approximate surface area is 112 Å². The molecule has 0 aliphatic carbocycles. The Bertz CT molecular complexity index is 608. The van der Waals surface area contributed by atoms with Gasteiger partial charge in [-0.1, -0.05) is 24.3 Å². The number of halogens is 1. The largest absolute Gasteiger partial charge is 0.311 e. The van der Waals surface area contributed by atoms with Gasteiger partial charge in [-0.05, 0) is 18.2 Å². The summed E-state index contributed by atoms with van der Waals surface area (Å²) in [6, 6.07) is 8.64. The molecule has 2 saturated heterocycles. The second-order valence-corrected chi connectivity index (χ2v) is 5.92. The van der Waals surface area contributed by atoms with Crippen LogP contribution in [0.5, 0.6) is 0 Å². The molecule has 0 amide bonds. The molecule has 1 N–H and O–H groups in total. The Morgan fingerprint density at radius 2 is 1.84 bits per heavy atom. The molecule has 2 bridgehead atoms. The van der Waals surface area contributed by atoms with Crippen LogP contribution in [0, 0.1) is 0 Å². The molecule has 4 rings (SSSR count). The summed E-state index contributed by atoms with van der Waals surface area (Å²) >= 11 is 0. The van der Waals surface area contributed by atoms with E-state index in [0.29, 0.717) is 24.9 Å². The third-order valence-corrected chi connectivity index (χ3v) is 4.63. The van der Waals surface area contributed by atoms with E-state index >= 15 is 4.39 Å². The van der Waals surface area contributed by atoms with Crippen LogP contribution in [0.4, 0.5) is 4.39 Å². The minimum absolute atomic E-state index is 0.336. The first-order chi connectivity index (χ1) is 9.24. The van der Waals surface area contributed by atoms with Gasteiger partial charge in [0, 0.05) is 48.3 Å². The van der Waals surface area contributed by atoms with E-state index < -0.39 is 5.67 Å². The summed E-state index contributed by atoms with van der Waals surface area (Å²) in [6.07, 6.45) is 6.92. The zero-order valence-electron chi connectivity index (χ0n) is 10.8. The van der Waals surface area contributed by atoms with E-state index in [2.05, 4.69) is 10.3 Å². The summed E-state index contributed by atoms with van der Waals surface area (Å²) in [7, 11) is 0. The molecule has 2 aromatic rings. The maximum Gasteiger partial charge on any atom is 0.141 e. The predicted octanol–water partition coefficient (Wildman–Crippen LogP) is 3.31. The molecule has 3 heterocycles. The number of pyridine rings is 1. The van der Waals surface area contributed by atoms with Crippen LogP contribution in [0.15, 0.2) is 36.7 Å². The maximum atomic E-state index is 15.5. The highest BCUT2D eigenvalue weighted by molar-refractivity contribution is 5.85. The van der Waals surface area contributed by atoms with Crippen molar-refractivity contribution < 1.29 is 4.39 Å². The van der Waals surface area contributed by atoms with E-state index in [1.807, 2.05) is 30.5 Å². The SMILES string of the molecule is FC1(c2cncc3ccccc23)CC2CCC(C1)N2. The lowest BCUT2D eigenvalue weighted by molar-refractivity contribution is 0.0886. The van der Waals surface area contributed by atoms with Crippen molar-refractivity contribution in [1.82, 2.24) is 10.3 Å². The van der Waals surface area contributed by atoms with Crippen molar-refractivity contribution in [2.75, 3.05) is 0 Å². The molecule has 2 fully saturated rings. The minimum atomic E-state index is -1.22. The molecule has 0 radical (unpaired) electrons. The standard InChI is InChI=1S/C16H17FN2/c17-16(7-12-5-6-13(8-16)19-12)15-10-18-9-11-3-1-2-4-14(11)15/h1-4,9-10,12-13,19H,5-8H2. The van der Waals surface area contributed by atoms with Gasteiger partial charge >= 0.3 is 0 Å². The molecule has 0 spiro atoms. The quantitative estimate of drug-likeness (QED) is 0.846. The van der Waals surface area contributed by atoms with Gasteiger partial charge in [0.15, 0.2) is 0 Å². The topological polar surface area (TPSA) is 24.9 Å². The number of rotatable bonds is 1. The molecular weight excluding hydrogens is 239 g/mol. The van der Waals surface area contributed by atoms with Crippen molar-refractivity contribution >= 4 is 10.8 Å². The van der Waals surface area contributed by atoms with Crippen molar-refractivity contribution in [3.05, 3.63) is 42.2 Å². The summed E-state index contributed by atoms with van der Waals surface area (Å²) in [4.78, 5) is 4.24. The van der Waals surface area contributed by atoms with Gasteiger partial charge in [-0.25, -0.2) is 4.39 Å². The smallest absolute Gasteiger partial charge is 0.141 e. The second kappa shape index (κ2) is 4.01. The van der Waals surface area contributed by atoms with E-state index in [-0.39, 0.29) is 0 Å². The summed E-state index contributed by atoms with van der Waals surface area (Å²) in [5.74, 6) is 0. The van der Waals surface area contributed by atoms with Gasteiger partial charge in [-0.15, -0.1) is 0 Å². The molecule has 0 saturated carbocycles. The highest BCUT2D eigenvalue weighted by Crippen LogP contribution is 2.45. The lowest BCUT2D eigenvalue weighted by Crippen LogP contribution is -2.44. The van der Waals surface area contributed by atoms with Crippen LogP contribution in [-0.4, -0.2) is 17.1 Å². The zero-order valence-corrected chi connectivity index (χ0v) is 10.8. The van der Waals surface area contributed by atoms with Crippen LogP contribution >= 0.6 is 0 Å². The molecule has 1 aromatic carbocycles. The fourth-order valence-corrected chi connectivity index (χ4v) is 3.78. The van der Waals surface area contributed by atoms with Crippen molar-refractivity contribution in [3.8, 4) is 0 Å². The molecule has 2 unspecified atom stereocenters. The van der Waals surface area contributed by atoms with Gasteiger partial charge in [0.2, 0.25) is 0 Å². The summed E-state index contributed by atoms with van der Waals surface area (Å²) in [5.41, 5.74) is -0.436. The molecule has 19 heavy (non-hydrogen) atoms. The predicted molar refractivity (Wildman–Crippen MR) is 73.7 cm³/mol. The number of nitrogens with zero attached hydrogens (tertiary/aromatic N) is 1. The van der Waals surface area contributed by atoms with E-state index in [1.165, 1.54) is 0 Å². The van der Waals surface area contributed by atoms with Gasteiger partial charge in [0.05, 0.1) is 0 Å². The third kappa shape index (κ3) is 1.76. The monoisotopic (exact) mass is 256 g/mol. The molecule has 2 aliphatic rings. The molecule has 2 aliphatic heterocycles. The van der Waals surface area contributed by atoms with Gasteiger partial charge in [0.1, 0.15) is 5.67 Å². The van der Waals surface area contributed by atoms with Crippen molar-refractivity contribution in [1.29, 1.82) is 0 Å². The van der Waals surface area contributed by atoms with Crippen LogP contribution in [0.1, 0.15) is 31.2 Å². The summed E-state index contributed by atoms with van der Waals surface area (Å²) < 4.78 is 15.5. The highest BCUT2D eigenvalue weighted by Gasteiger charge is 2.45. The molecule has 1 aromatic heterocycles. The Morgan fingerprint density at radius 3 is 2.63 bits per heavy atom. The normalized spacial score (nSPS) is 33.7. The Morgan fingerprint density at radius 1 is 1.11 bits per heavy atom. The number of nitrogens with one attached hydrogen (secondary N) is 1. The fraction of sp³-hybridized carbons (Fsp3) is 0.438. The minimum Gasteiger partial charge on any atom is -0.311 e. The van der Waals surface area contributed by atoms with E-state index in [4.69, 9.17) is 0 Å². The van der Waals surface area contributed by atoms with Gasteiger partial charge in [-0.2, -0.15) is 0 Å². The van der Waals surface area contributed by atoms with Crippen LogP contribution in [-0.2, 0) is 5.67 Å². The number of piperidine rings is 1. The molecule has 2 atom stereocenters. The molecule has 2 nitrogen and oxygen atoms in total. The zero-order chi connectivity index (χ0) is 12.9. The van der Waals surface area contributed by atoms with Gasteiger partial charge in [0.25, 0.3) is 0 Å². The third-order valence-electron chi connectivity index (χ3n) is 4.63. The van der Waals surface area contributed by atoms with Crippen molar-refractivity contribution in [2.45, 2.75) is 43.4 Å². The summed E-state index contributed by atoms with van der Waals surface area (Å²) in [6.45, 7) is 0. The first-order valence-corrected chi connectivity index (χ1v) is 7.03. The number of fused-ring (bicyclic) bond motifs is 3. The fourth-order valence-electron chi connectivity index (χ4n) is 3.78. The Hall–Kier alpha value is -1.48. The average Bonchev–Trinajstić information content (AvgIpc) is 2.78. The van der Waals surface area contributed by atoms with Crippen molar-refractivity contribution in [2.24, 2.45) is 0 Å². The number of hydrogen-bond donors (Lipinski definition) is 1. The number of benzene rings is 1. The Balaban J connectivity index is 1.85. The van der Waals surface area contributed by atoms with Crippen molar-refractivity contribution in [3.63, 3.8) is 0 Å². The van der Waals surface area contributed by atoms with E-state index in [1.54, 1.807) is 6.20 Å². The lowest BCUT2D eigenvalue weighted by Gasteiger charge is -2.35. The lowest BCUT2D eigenvalue weighted by atomic mass is 9.82. The Kier molecular flexibility index (Phi) is 2.39. The average molecular weight is 256 g/mol. The van der Waals surface area contributed by atoms with Gasteiger partial charge in [-0.3, -0.25) is 4.98 Å². The summed E-state index contributed by atoms with van der Waals surface area (Å²) in [5, 5.41) is 5.55. The first-order valence-electron chi connectivity index (χ1n) is 7.03. The van der Waals surface area contributed by atoms with Crippen LogP contribution in [0.3, 0.4) is 0 Å². The second-order valence-electron chi connectivity index (χ2n) is 5.92. The molecule has 98 valence electrons.